The van der Waals surface area contributed by atoms with E-state index in [1.807, 2.05) is 0 Å². The van der Waals surface area contributed by atoms with Gasteiger partial charge in [0.05, 0.1) is 28.5 Å². The van der Waals surface area contributed by atoms with Crippen molar-refractivity contribution in [3.63, 3.8) is 0 Å². The maximum atomic E-state index is 13.3. The van der Waals surface area contributed by atoms with E-state index in [1.165, 1.54) is 19.1 Å². The Labute approximate surface area is 184 Å². The second-order valence-electron chi connectivity index (χ2n) is 9.14. The SMILES string of the molecule is Cc1c(C(=O)Nc2cccc3c2C(=O)N([C@@H](C2CC2)C(C)(C)O)C3)cccc1C(F)(F)F. The molecule has 1 fully saturated rings. The third-order valence-electron chi connectivity index (χ3n) is 6.23. The number of amides is 2. The number of nitrogens with zero attached hydrogens (tertiary/aromatic N) is 1. The van der Waals surface area contributed by atoms with Crippen molar-refractivity contribution in [3.05, 3.63) is 64.2 Å². The third kappa shape index (κ3) is 3.99. The lowest BCUT2D eigenvalue weighted by Crippen LogP contribution is -2.51. The highest BCUT2D eigenvalue weighted by atomic mass is 19.4. The summed E-state index contributed by atoms with van der Waals surface area (Å²) in [6, 6.07) is 8.15. The van der Waals surface area contributed by atoms with E-state index >= 15 is 0 Å². The van der Waals surface area contributed by atoms with Crippen molar-refractivity contribution in [1.82, 2.24) is 4.90 Å². The van der Waals surface area contributed by atoms with E-state index in [0.29, 0.717) is 17.7 Å². The lowest BCUT2D eigenvalue weighted by molar-refractivity contribution is -0.138. The number of benzene rings is 2. The molecule has 2 amide bonds. The van der Waals surface area contributed by atoms with Crippen LogP contribution in [0.2, 0.25) is 0 Å². The molecule has 2 aromatic carbocycles. The minimum Gasteiger partial charge on any atom is -0.388 e. The van der Waals surface area contributed by atoms with Gasteiger partial charge >= 0.3 is 6.18 Å². The molecular formula is C24H25F3N2O3. The molecule has 1 aliphatic heterocycles. The number of carbonyl (C=O) groups excluding carboxylic acids is 2. The van der Waals surface area contributed by atoms with Gasteiger partial charge in [-0.3, -0.25) is 9.59 Å². The van der Waals surface area contributed by atoms with Crippen LogP contribution in [0.3, 0.4) is 0 Å². The quantitative estimate of drug-likeness (QED) is 0.695. The molecule has 2 N–H and O–H groups in total. The summed E-state index contributed by atoms with van der Waals surface area (Å²) in [5.41, 5.74) is -0.952. The average molecular weight is 446 g/mol. The highest BCUT2D eigenvalue weighted by Crippen LogP contribution is 2.44. The molecule has 0 radical (unpaired) electrons. The summed E-state index contributed by atoms with van der Waals surface area (Å²) in [5.74, 6) is -0.788. The van der Waals surface area contributed by atoms with E-state index < -0.39 is 23.2 Å². The van der Waals surface area contributed by atoms with Crippen molar-refractivity contribution in [2.45, 2.75) is 58.0 Å². The number of aliphatic hydroxyl groups is 1. The number of fused-ring (bicyclic) bond motifs is 1. The molecule has 4 rings (SSSR count). The highest BCUT2D eigenvalue weighted by molar-refractivity contribution is 6.11. The Morgan fingerprint density at radius 2 is 1.81 bits per heavy atom. The fourth-order valence-corrected chi connectivity index (χ4v) is 4.72. The first-order chi connectivity index (χ1) is 14.9. The largest absolute Gasteiger partial charge is 0.416 e. The van der Waals surface area contributed by atoms with Gasteiger partial charge in [0.25, 0.3) is 11.8 Å². The molecule has 32 heavy (non-hydrogen) atoms. The maximum Gasteiger partial charge on any atom is 0.416 e. The fraction of sp³-hybridized carbons (Fsp3) is 0.417. The predicted octanol–water partition coefficient (Wildman–Crippen LogP) is 4.77. The molecular weight excluding hydrogens is 421 g/mol. The Morgan fingerprint density at radius 1 is 1.16 bits per heavy atom. The monoisotopic (exact) mass is 446 g/mol. The van der Waals surface area contributed by atoms with Crippen molar-refractivity contribution >= 4 is 17.5 Å². The second kappa shape index (κ2) is 7.62. The van der Waals surface area contributed by atoms with Crippen molar-refractivity contribution in [3.8, 4) is 0 Å². The maximum absolute atomic E-state index is 13.3. The topological polar surface area (TPSA) is 69.6 Å². The van der Waals surface area contributed by atoms with Crippen molar-refractivity contribution in [2.24, 2.45) is 5.92 Å². The predicted molar refractivity (Wildman–Crippen MR) is 113 cm³/mol. The minimum atomic E-state index is -4.57. The summed E-state index contributed by atoms with van der Waals surface area (Å²) in [4.78, 5) is 27.8. The van der Waals surface area contributed by atoms with Gasteiger partial charge in [0, 0.05) is 12.1 Å². The van der Waals surface area contributed by atoms with E-state index in [9.17, 15) is 27.9 Å². The van der Waals surface area contributed by atoms with Gasteiger partial charge in [-0.15, -0.1) is 0 Å². The van der Waals surface area contributed by atoms with Crippen LogP contribution in [0.15, 0.2) is 36.4 Å². The number of halogens is 3. The standard InChI is InChI=1S/C24H25F3N2O3/c1-13-16(7-5-8-17(13)24(25,26)27)21(30)28-18-9-4-6-15-12-29(22(31)19(15)18)20(14-10-11-14)23(2,3)32/h4-9,14,20,32H,10-12H2,1-3H3,(H,28,30)/t20-/m0/s1. The molecule has 1 heterocycles. The molecule has 0 spiro atoms. The first kappa shape index (κ1) is 22.3. The van der Waals surface area contributed by atoms with Crippen molar-refractivity contribution < 1.29 is 27.9 Å². The molecule has 1 aliphatic carbocycles. The number of carbonyl (C=O) groups is 2. The summed E-state index contributed by atoms with van der Waals surface area (Å²) < 4.78 is 39.7. The summed E-state index contributed by atoms with van der Waals surface area (Å²) in [7, 11) is 0. The van der Waals surface area contributed by atoms with Crippen LogP contribution in [0.4, 0.5) is 18.9 Å². The van der Waals surface area contributed by atoms with Gasteiger partial charge in [0.15, 0.2) is 0 Å². The van der Waals surface area contributed by atoms with Gasteiger partial charge in [0.1, 0.15) is 0 Å². The molecule has 5 nitrogen and oxygen atoms in total. The molecule has 0 aromatic heterocycles. The third-order valence-corrected chi connectivity index (χ3v) is 6.23. The minimum absolute atomic E-state index is 0.105. The van der Waals surface area contributed by atoms with Crippen LogP contribution in [0, 0.1) is 12.8 Å². The van der Waals surface area contributed by atoms with Crippen LogP contribution in [0.5, 0.6) is 0 Å². The first-order valence-electron chi connectivity index (χ1n) is 10.5. The number of rotatable bonds is 5. The molecule has 170 valence electrons. The Kier molecular flexibility index (Phi) is 5.32. The Balaban J connectivity index is 1.64. The Bertz CT molecular complexity index is 1080. The van der Waals surface area contributed by atoms with E-state index in [1.54, 1.807) is 36.9 Å². The molecule has 1 atom stereocenters. The molecule has 8 heteroatoms. The second-order valence-corrected chi connectivity index (χ2v) is 9.14. The van der Waals surface area contributed by atoms with Crippen molar-refractivity contribution in [1.29, 1.82) is 0 Å². The smallest absolute Gasteiger partial charge is 0.388 e. The zero-order chi connectivity index (χ0) is 23.4. The van der Waals surface area contributed by atoms with Gasteiger partial charge in [-0.05, 0) is 68.9 Å². The van der Waals surface area contributed by atoms with Gasteiger partial charge in [-0.2, -0.15) is 13.2 Å². The van der Waals surface area contributed by atoms with E-state index in [4.69, 9.17) is 0 Å². The number of hydrogen-bond donors (Lipinski definition) is 2. The van der Waals surface area contributed by atoms with Crippen LogP contribution in [-0.4, -0.2) is 33.5 Å². The van der Waals surface area contributed by atoms with E-state index in [0.717, 1.165) is 18.9 Å². The van der Waals surface area contributed by atoms with Gasteiger partial charge < -0.3 is 15.3 Å². The van der Waals surface area contributed by atoms with Crippen LogP contribution in [0.25, 0.3) is 0 Å². The number of alkyl halides is 3. The molecule has 0 saturated heterocycles. The summed E-state index contributed by atoms with van der Waals surface area (Å²) in [6.45, 7) is 4.94. The summed E-state index contributed by atoms with van der Waals surface area (Å²) in [5, 5.41) is 13.3. The molecule has 1 saturated carbocycles. The number of nitrogens with one attached hydrogen (secondary N) is 1. The lowest BCUT2D eigenvalue weighted by atomic mass is 9.93. The Morgan fingerprint density at radius 3 is 2.41 bits per heavy atom. The van der Waals surface area contributed by atoms with E-state index in [-0.39, 0.29) is 34.7 Å². The zero-order valence-electron chi connectivity index (χ0n) is 18.1. The van der Waals surface area contributed by atoms with E-state index in [2.05, 4.69) is 5.32 Å². The Hall–Kier alpha value is -2.87. The molecule has 0 bridgehead atoms. The summed E-state index contributed by atoms with van der Waals surface area (Å²) in [6.07, 6.45) is -2.69. The van der Waals surface area contributed by atoms with Crippen molar-refractivity contribution in [2.75, 3.05) is 5.32 Å². The van der Waals surface area contributed by atoms with Gasteiger partial charge in [-0.1, -0.05) is 18.2 Å². The first-order valence-corrected chi connectivity index (χ1v) is 10.5. The van der Waals surface area contributed by atoms with Gasteiger partial charge in [0.2, 0.25) is 0 Å². The molecule has 2 aromatic rings. The number of hydrogen-bond acceptors (Lipinski definition) is 3. The van der Waals surface area contributed by atoms with Gasteiger partial charge in [-0.25, -0.2) is 0 Å². The van der Waals surface area contributed by atoms with Crippen LogP contribution < -0.4 is 5.32 Å². The normalized spacial score (nSPS) is 17.3. The lowest BCUT2D eigenvalue weighted by Gasteiger charge is -2.37. The fourth-order valence-electron chi connectivity index (χ4n) is 4.72. The molecule has 2 aliphatic rings. The average Bonchev–Trinajstić information content (AvgIpc) is 3.44. The van der Waals surface area contributed by atoms with Crippen LogP contribution in [0.1, 0.15) is 64.1 Å². The molecule has 0 unspecified atom stereocenters. The van der Waals surface area contributed by atoms with Crippen LogP contribution >= 0.6 is 0 Å². The summed E-state index contributed by atoms with van der Waals surface area (Å²) >= 11 is 0. The number of anilines is 1. The van der Waals surface area contributed by atoms with Crippen LogP contribution in [-0.2, 0) is 12.7 Å². The highest BCUT2D eigenvalue weighted by Gasteiger charge is 2.48. The zero-order valence-corrected chi connectivity index (χ0v) is 18.1.